The molecule has 4 nitrogen and oxygen atoms in total. The number of benzene rings is 1. The Kier molecular flexibility index (Phi) is 2.80. The Morgan fingerprint density at radius 3 is 2.79 bits per heavy atom. The minimum absolute atomic E-state index is 0.355. The molecule has 0 radical (unpaired) electrons. The van der Waals surface area contributed by atoms with Gasteiger partial charge in [-0.1, -0.05) is 24.3 Å². The zero-order chi connectivity index (χ0) is 16.0. The maximum Gasteiger partial charge on any atom is 0.145 e. The zero-order valence-electron chi connectivity index (χ0n) is 13.0. The van der Waals surface area contributed by atoms with Crippen LogP contribution in [0.15, 0.2) is 65.9 Å². The van der Waals surface area contributed by atoms with Crippen LogP contribution in [0.5, 0.6) is 5.75 Å². The van der Waals surface area contributed by atoms with Crippen molar-refractivity contribution in [1.82, 2.24) is 9.97 Å². The van der Waals surface area contributed by atoms with Gasteiger partial charge in [0.1, 0.15) is 23.5 Å². The lowest BCUT2D eigenvalue weighted by Gasteiger charge is -2.19. The number of pyridine rings is 2. The molecule has 116 valence electrons. The number of ether oxygens (including phenoxy) is 1. The minimum atomic E-state index is -0.355. The lowest BCUT2D eigenvalue weighted by molar-refractivity contribution is 0.325. The maximum atomic E-state index is 6.11. The number of fused-ring (bicyclic) bond motifs is 4. The molecule has 4 heterocycles. The molecule has 3 aromatic rings. The van der Waals surface area contributed by atoms with E-state index in [2.05, 4.69) is 21.0 Å². The predicted molar refractivity (Wildman–Crippen MR) is 92.1 cm³/mol. The van der Waals surface area contributed by atoms with E-state index in [9.17, 15) is 0 Å². The van der Waals surface area contributed by atoms with Crippen molar-refractivity contribution >= 4 is 11.9 Å². The van der Waals surface area contributed by atoms with Crippen molar-refractivity contribution in [1.29, 1.82) is 0 Å². The summed E-state index contributed by atoms with van der Waals surface area (Å²) in [6, 6.07) is 16.2. The Labute approximate surface area is 139 Å². The van der Waals surface area contributed by atoms with Crippen molar-refractivity contribution in [2.24, 2.45) is 4.99 Å². The summed E-state index contributed by atoms with van der Waals surface area (Å²) in [4.78, 5) is 13.7. The maximum absolute atomic E-state index is 6.11. The molecule has 5 rings (SSSR count). The first-order chi connectivity index (χ1) is 11.9. The van der Waals surface area contributed by atoms with E-state index in [1.807, 2.05) is 61.1 Å². The van der Waals surface area contributed by atoms with E-state index in [1.165, 1.54) is 5.56 Å². The molecular weight excluding hydrogens is 298 g/mol. The topological polar surface area (TPSA) is 47.4 Å². The lowest BCUT2D eigenvalue weighted by atomic mass is 9.80. The van der Waals surface area contributed by atoms with Crippen molar-refractivity contribution in [3.8, 4) is 5.75 Å². The van der Waals surface area contributed by atoms with Crippen molar-refractivity contribution in [2.45, 2.75) is 11.8 Å². The fraction of sp³-hybridized carbons (Fsp3) is 0.150. The van der Waals surface area contributed by atoms with Gasteiger partial charge in [0.2, 0.25) is 0 Å². The first-order valence-corrected chi connectivity index (χ1v) is 8.03. The number of hydrogen-bond acceptors (Lipinski definition) is 4. The molecule has 1 spiro atoms. The Hall–Kier alpha value is -3.01. The second-order valence-corrected chi connectivity index (χ2v) is 6.18. The van der Waals surface area contributed by atoms with Crippen molar-refractivity contribution in [2.75, 3.05) is 6.61 Å². The van der Waals surface area contributed by atoms with E-state index < -0.39 is 0 Å². The fourth-order valence-electron chi connectivity index (χ4n) is 3.57. The van der Waals surface area contributed by atoms with E-state index in [-0.39, 0.29) is 5.41 Å². The monoisotopic (exact) mass is 313 g/mol. The Morgan fingerprint density at radius 1 is 0.958 bits per heavy atom. The Balaban J connectivity index is 1.62. The highest BCUT2D eigenvalue weighted by Gasteiger charge is 2.47. The molecular formula is C20H15N3O. The van der Waals surface area contributed by atoms with Crippen LogP contribution >= 0.6 is 0 Å². The highest BCUT2D eigenvalue weighted by Crippen LogP contribution is 2.48. The summed E-state index contributed by atoms with van der Waals surface area (Å²) in [5, 5.41) is 0. The average molecular weight is 313 g/mol. The highest BCUT2D eigenvalue weighted by molar-refractivity contribution is 5.90. The van der Waals surface area contributed by atoms with Crippen LogP contribution in [0.4, 0.5) is 5.69 Å². The van der Waals surface area contributed by atoms with Gasteiger partial charge in [0.05, 0.1) is 5.69 Å². The number of nitrogens with zero attached hydrogens (tertiary/aromatic N) is 3. The third kappa shape index (κ3) is 1.83. The molecule has 0 saturated carbocycles. The number of para-hydroxylation sites is 1. The predicted octanol–water partition coefficient (Wildman–Crippen LogP) is 3.46. The van der Waals surface area contributed by atoms with Gasteiger partial charge in [-0.2, -0.15) is 0 Å². The summed E-state index contributed by atoms with van der Waals surface area (Å²) < 4.78 is 6.11. The van der Waals surface area contributed by atoms with E-state index in [0.29, 0.717) is 6.61 Å². The zero-order valence-corrected chi connectivity index (χ0v) is 13.0. The van der Waals surface area contributed by atoms with Crippen molar-refractivity contribution in [3.05, 3.63) is 83.4 Å². The van der Waals surface area contributed by atoms with Gasteiger partial charge in [-0.3, -0.25) is 15.0 Å². The van der Waals surface area contributed by atoms with Crippen LogP contribution in [-0.4, -0.2) is 22.8 Å². The molecule has 0 fully saturated rings. The molecule has 24 heavy (non-hydrogen) atoms. The molecule has 0 aliphatic carbocycles. The molecule has 2 aromatic heterocycles. The first-order valence-electron chi connectivity index (χ1n) is 8.03. The third-order valence-corrected chi connectivity index (χ3v) is 4.76. The quantitative estimate of drug-likeness (QED) is 0.728. The van der Waals surface area contributed by atoms with E-state index >= 15 is 0 Å². The summed E-state index contributed by atoms with van der Waals surface area (Å²) in [5.41, 5.74) is 4.93. The van der Waals surface area contributed by atoms with Gasteiger partial charge < -0.3 is 4.74 Å². The van der Waals surface area contributed by atoms with Crippen LogP contribution < -0.4 is 4.74 Å². The molecule has 1 unspecified atom stereocenters. The van der Waals surface area contributed by atoms with Crippen molar-refractivity contribution in [3.63, 3.8) is 0 Å². The van der Waals surface area contributed by atoms with Gasteiger partial charge in [0.15, 0.2) is 0 Å². The van der Waals surface area contributed by atoms with Crippen LogP contribution in [0, 0.1) is 0 Å². The molecule has 4 heteroatoms. The molecule has 1 atom stereocenters. The van der Waals surface area contributed by atoms with Crippen LogP contribution in [-0.2, 0) is 11.8 Å². The molecule has 0 saturated heterocycles. The number of rotatable bonds is 2. The van der Waals surface area contributed by atoms with Crippen LogP contribution in [0.3, 0.4) is 0 Å². The van der Waals surface area contributed by atoms with Gasteiger partial charge in [0, 0.05) is 36.3 Å². The molecule has 0 bridgehead atoms. The summed E-state index contributed by atoms with van der Waals surface area (Å²) >= 11 is 0. The minimum Gasteiger partial charge on any atom is -0.490 e. The smallest absolute Gasteiger partial charge is 0.145 e. The van der Waals surface area contributed by atoms with Crippen LogP contribution in [0.25, 0.3) is 0 Å². The standard InChI is InChI=1S/C20H15N3O/c1-2-7-17-16(6-1)20(12-23-17)13-24-18-14(8-10-22-19(18)20)11-15-5-3-4-9-21-15/h1-10,12H,11,13H2. The Morgan fingerprint density at radius 2 is 1.88 bits per heavy atom. The lowest BCUT2D eigenvalue weighted by Crippen LogP contribution is -2.29. The van der Waals surface area contributed by atoms with Gasteiger partial charge >= 0.3 is 0 Å². The van der Waals surface area contributed by atoms with Crippen LogP contribution in [0.2, 0.25) is 0 Å². The van der Waals surface area contributed by atoms with Gasteiger partial charge in [-0.25, -0.2) is 0 Å². The number of hydrogen-bond donors (Lipinski definition) is 0. The third-order valence-electron chi connectivity index (χ3n) is 4.76. The Bertz CT molecular complexity index is 952. The molecule has 0 N–H and O–H groups in total. The first kappa shape index (κ1) is 13.4. The van der Waals surface area contributed by atoms with Gasteiger partial charge in [-0.15, -0.1) is 0 Å². The van der Waals surface area contributed by atoms with E-state index in [0.717, 1.165) is 34.8 Å². The number of aromatic nitrogens is 2. The fourth-order valence-corrected chi connectivity index (χ4v) is 3.57. The molecule has 2 aliphatic rings. The summed E-state index contributed by atoms with van der Waals surface area (Å²) in [5.74, 6) is 0.881. The average Bonchev–Trinajstić information content (AvgIpc) is 3.20. The van der Waals surface area contributed by atoms with E-state index in [4.69, 9.17) is 4.74 Å². The molecule has 0 amide bonds. The van der Waals surface area contributed by atoms with Gasteiger partial charge in [0.25, 0.3) is 0 Å². The highest BCUT2D eigenvalue weighted by atomic mass is 16.5. The SMILES string of the molecule is C1=Nc2ccccc2C12COc1c(Cc3ccccn3)ccnc12. The van der Waals surface area contributed by atoms with Crippen molar-refractivity contribution < 1.29 is 4.74 Å². The summed E-state index contributed by atoms with van der Waals surface area (Å²) in [6.45, 7) is 0.551. The molecule has 1 aromatic carbocycles. The molecule has 2 aliphatic heterocycles. The summed E-state index contributed by atoms with van der Waals surface area (Å²) in [6.07, 6.45) is 6.41. The largest absolute Gasteiger partial charge is 0.490 e. The second kappa shape index (κ2) is 4.99. The van der Waals surface area contributed by atoms with E-state index in [1.54, 1.807) is 0 Å². The number of aliphatic imine (C=N–C) groups is 1. The normalized spacial score (nSPS) is 20.0. The van der Waals surface area contributed by atoms with Gasteiger partial charge in [-0.05, 0) is 29.8 Å². The summed E-state index contributed by atoms with van der Waals surface area (Å²) in [7, 11) is 0. The van der Waals surface area contributed by atoms with Crippen LogP contribution in [0.1, 0.15) is 22.5 Å². The second-order valence-electron chi connectivity index (χ2n) is 6.18.